The number of aromatic nitrogens is 2. The van der Waals surface area contributed by atoms with E-state index >= 15 is 0 Å². The molecule has 0 saturated heterocycles. The molecule has 1 amide bonds. The van der Waals surface area contributed by atoms with Crippen LogP contribution in [0.3, 0.4) is 0 Å². The highest BCUT2D eigenvalue weighted by molar-refractivity contribution is 5.87. The number of pyridine rings is 2. The highest BCUT2D eigenvalue weighted by Crippen LogP contribution is 2.28. The van der Waals surface area contributed by atoms with Gasteiger partial charge in [0, 0.05) is 6.54 Å². The fraction of sp³-hybridized carbons (Fsp3) is 0.214. The van der Waals surface area contributed by atoms with Crippen LogP contribution in [0.25, 0.3) is 16.5 Å². The minimum absolute atomic E-state index is 0.262. The fourth-order valence-corrected chi connectivity index (χ4v) is 2.27. The molecule has 0 fully saturated rings. The maximum Gasteiger partial charge on any atom is 0.407 e. The number of amides is 1. The summed E-state index contributed by atoms with van der Waals surface area (Å²) in [5.41, 5.74) is 1.92. The van der Waals surface area contributed by atoms with Gasteiger partial charge in [-0.25, -0.2) is 14.2 Å². The van der Waals surface area contributed by atoms with Crippen molar-refractivity contribution in [3.63, 3.8) is 0 Å². The highest BCUT2D eigenvalue weighted by atomic mass is 19.1. The van der Waals surface area contributed by atoms with Gasteiger partial charge in [0.2, 0.25) is 5.88 Å². The van der Waals surface area contributed by atoms with Gasteiger partial charge in [-0.3, -0.25) is 4.98 Å². The van der Waals surface area contributed by atoms with Gasteiger partial charge in [0.1, 0.15) is 5.82 Å². The molecule has 0 saturated carbocycles. The Balaban J connectivity index is 2.05. The van der Waals surface area contributed by atoms with Crippen molar-refractivity contribution in [1.29, 1.82) is 0 Å². The molecule has 0 radical (unpaired) electrons. The normalized spacial score (nSPS) is 14.4. The van der Waals surface area contributed by atoms with E-state index < -0.39 is 11.9 Å². The van der Waals surface area contributed by atoms with Crippen LogP contribution in [0.15, 0.2) is 24.4 Å². The van der Waals surface area contributed by atoms with E-state index in [9.17, 15) is 9.18 Å². The average molecular weight is 289 g/mol. The van der Waals surface area contributed by atoms with E-state index in [-0.39, 0.29) is 12.4 Å². The maximum absolute atomic E-state index is 13.3. The zero-order chi connectivity index (χ0) is 15.0. The summed E-state index contributed by atoms with van der Waals surface area (Å²) in [5.74, 6) is -0.198. The number of carboxylic acid groups (broad SMARTS) is 1. The number of hydrogen-bond acceptors (Lipinski definition) is 4. The summed E-state index contributed by atoms with van der Waals surface area (Å²) in [6, 6.07) is 3.01. The van der Waals surface area contributed by atoms with E-state index in [2.05, 4.69) is 9.97 Å². The molecule has 0 aromatic carbocycles. The van der Waals surface area contributed by atoms with Gasteiger partial charge < -0.3 is 14.7 Å². The summed E-state index contributed by atoms with van der Waals surface area (Å²) in [7, 11) is 1.45. The van der Waals surface area contributed by atoms with Crippen LogP contribution in [0, 0.1) is 5.82 Å². The lowest BCUT2D eigenvalue weighted by Gasteiger charge is -2.12. The smallest absolute Gasteiger partial charge is 0.407 e. The molecule has 0 bridgehead atoms. The van der Waals surface area contributed by atoms with E-state index in [1.807, 2.05) is 0 Å². The predicted octanol–water partition coefficient (Wildman–Crippen LogP) is 2.15. The fourth-order valence-electron chi connectivity index (χ4n) is 2.27. The van der Waals surface area contributed by atoms with Gasteiger partial charge in [0.15, 0.2) is 0 Å². The van der Waals surface area contributed by atoms with E-state index in [1.165, 1.54) is 18.1 Å². The summed E-state index contributed by atoms with van der Waals surface area (Å²) < 4.78 is 18.4. The summed E-state index contributed by atoms with van der Waals surface area (Å²) in [4.78, 5) is 20.6. The van der Waals surface area contributed by atoms with Crippen LogP contribution in [0.2, 0.25) is 0 Å². The molecule has 6 nitrogen and oxygen atoms in total. The molecule has 0 unspecified atom stereocenters. The second kappa shape index (κ2) is 5.01. The standard InChI is InChI=1S/C14H12FN3O3/c1-21-13-10-4-9(15)6-16-12(10)5-11(17-13)8-2-3-18(7-8)14(19)20/h2,4-6H,3,7H2,1H3,(H,19,20). The van der Waals surface area contributed by atoms with Crippen LogP contribution in [0.5, 0.6) is 5.88 Å². The first-order chi connectivity index (χ1) is 10.1. The molecule has 0 atom stereocenters. The van der Waals surface area contributed by atoms with Gasteiger partial charge in [-0.05, 0) is 17.7 Å². The molecule has 7 heteroatoms. The lowest BCUT2D eigenvalue weighted by molar-refractivity contribution is 0.158. The summed E-state index contributed by atoms with van der Waals surface area (Å²) >= 11 is 0. The van der Waals surface area contributed by atoms with Crippen molar-refractivity contribution in [2.75, 3.05) is 20.2 Å². The van der Waals surface area contributed by atoms with Crippen molar-refractivity contribution >= 4 is 22.6 Å². The summed E-state index contributed by atoms with van der Waals surface area (Å²) in [6.07, 6.45) is 1.94. The Morgan fingerprint density at radius 1 is 1.48 bits per heavy atom. The number of nitrogens with zero attached hydrogens (tertiary/aromatic N) is 3. The number of methoxy groups -OCH3 is 1. The Kier molecular flexibility index (Phi) is 3.17. The Bertz CT molecular complexity index is 760. The molecule has 0 spiro atoms. The van der Waals surface area contributed by atoms with E-state index in [4.69, 9.17) is 9.84 Å². The lowest BCUT2D eigenvalue weighted by Crippen LogP contribution is -2.26. The molecule has 1 aliphatic heterocycles. The van der Waals surface area contributed by atoms with Crippen molar-refractivity contribution < 1.29 is 19.0 Å². The molecule has 108 valence electrons. The number of fused-ring (bicyclic) bond motifs is 1. The minimum atomic E-state index is -0.978. The maximum atomic E-state index is 13.3. The quantitative estimate of drug-likeness (QED) is 0.916. The highest BCUT2D eigenvalue weighted by Gasteiger charge is 2.21. The third-order valence-corrected chi connectivity index (χ3v) is 3.32. The molecule has 2 aromatic heterocycles. The zero-order valence-corrected chi connectivity index (χ0v) is 11.2. The SMILES string of the molecule is COc1nc(C2=CCN(C(=O)O)C2)cc2ncc(F)cc12. The average Bonchev–Trinajstić information content (AvgIpc) is 2.96. The Morgan fingerprint density at radius 3 is 2.95 bits per heavy atom. The van der Waals surface area contributed by atoms with Crippen LogP contribution in [0.4, 0.5) is 9.18 Å². The Hall–Kier alpha value is -2.70. The van der Waals surface area contributed by atoms with Crippen molar-refractivity contribution in [3.05, 3.63) is 35.9 Å². The predicted molar refractivity (Wildman–Crippen MR) is 73.6 cm³/mol. The second-order valence-electron chi connectivity index (χ2n) is 4.63. The molecular formula is C14H12FN3O3. The number of hydrogen-bond donors (Lipinski definition) is 1. The van der Waals surface area contributed by atoms with Crippen LogP contribution >= 0.6 is 0 Å². The van der Waals surface area contributed by atoms with E-state index in [1.54, 1.807) is 12.1 Å². The second-order valence-corrected chi connectivity index (χ2v) is 4.63. The van der Waals surface area contributed by atoms with E-state index in [0.717, 1.165) is 11.8 Å². The third-order valence-electron chi connectivity index (χ3n) is 3.32. The molecular weight excluding hydrogens is 277 g/mol. The Labute approximate surface area is 119 Å². The molecule has 21 heavy (non-hydrogen) atoms. The molecule has 1 N–H and O–H groups in total. The van der Waals surface area contributed by atoms with Crippen LogP contribution in [0.1, 0.15) is 5.69 Å². The summed E-state index contributed by atoms with van der Waals surface area (Å²) in [6.45, 7) is 0.585. The molecule has 3 rings (SSSR count). The topological polar surface area (TPSA) is 75.5 Å². The first kappa shape index (κ1) is 13.3. The van der Waals surface area contributed by atoms with Crippen LogP contribution in [-0.4, -0.2) is 46.3 Å². The van der Waals surface area contributed by atoms with Crippen molar-refractivity contribution in [3.8, 4) is 5.88 Å². The van der Waals surface area contributed by atoms with Gasteiger partial charge >= 0.3 is 6.09 Å². The minimum Gasteiger partial charge on any atom is -0.480 e. The van der Waals surface area contributed by atoms with Crippen LogP contribution in [-0.2, 0) is 0 Å². The van der Waals surface area contributed by atoms with Gasteiger partial charge in [-0.15, -0.1) is 0 Å². The monoisotopic (exact) mass is 289 g/mol. The Morgan fingerprint density at radius 2 is 2.29 bits per heavy atom. The van der Waals surface area contributed by atoms with Gasteiger partial charge in [-0.1, -0.05) is 6.08 Å². The number of ether oxygens (including phenoxy) is 1. The van der Waals surface area contributed by atoms with Gasteiger partial charge in [0.25, 0.3) is 0 Å². The van der Waals surface area contributed by atoms with Crippen molar-refractivity contribution in [1.82, 2.24) is 14.9 Å². The van der Waals surface area contributed by atoms with Gasteiger partial charge in [-0.2, -0.15) is 0 Å². The van der Waals surface area contributed by atoms with Crippen LogP contribution < -0.4 is 4.74 Å². The molecule has 2 aromatic rings. The zero-order valence-electron chi connectivity index (χ0n) is 11.2. The first-order valence-electron chi connectivity index (χ1n) is 6.26. The summed E-state index contributed by atoms with van der Waals surface area (Å²) in [5, 5.41) is 9.46. The molecule has 3 heterocycles. The number of rotatable bonds is 2. The molecule has 0 aliphatic carbocycles. The van der Waals surface area contributed by atoms with E-state index in [0.29, 0.717) is 23.1 Å². The van der Waals surface area contributed by atoms with Crippen molar-refractivity contribution in [2.45, 2.75) is 0 Å². The number of halogens is 1. The van der Waals surface area contributed by atoms with Crippen molar-refractivity contribution in [2.24, 2.45) is 0 Å². The lowest BCUT2D eigenvalue weighted by atomic mass is 10.1. The first-order valence-corrected chi connectivity index (χ1v) is 6.26. The number of carbonyl (C=O) groups is 1. The third kappa shape index (κ3) is 2.37. The largest absolute Gasteiger partial charge is 0.480 e. The van der Waals surface area contributed by atoms with Gasteiger partial charge in [0.05, 0.1) is 36.4 Å². The molecule has 1 aliphatic rings.